The monoisotopic (exact) mass is 201 g/mol. The van der Waals surface area contributed by atoms with E-state index in [4.69, 9.17) is 6.42 Å². The molecule has 74 valence electrons. The maximum absolute atomic E-state index is 13.3. The zero-order chi connectivity index (χ0) is 11.0. The van der Waals surface area contributed by atoms with Crippen LogP contribution in [-0.2, 0) is 0 Å². The summed E-state index contributed by atoms with van der Waals surface area (Å²) in [5.74, 6) is 1.89. The molecule has 1 aromatic heterocycles. The van der Waals surface area contributed by atoms with Crippen molar-refractivity contribution in [1.82, 2.24) is 4.98 Å². The molecule has 0 saturated heterocycles. The molecule has 2 rings (SSSR count). The number of aryl methyl sites for hydroxylation is 1. The van der Waals surface area contributed by atoms with Crippen molar-refractivity contribution in [2.24, 2.45) is 0 Å². The summed E-state index contributed by atoms with van der Waals surface area (Å²) in [5.41, 5.74) is 1.41. The van der Waals surface area contributed by atoms with E-state index in [1.807, 2.05) is 0 Å². The Morgan fingerprint density at radius 2 is 2.20 bits per heavy atom. The maximum Gasteiger partial charge on any atom is 0.157 e. The van der Waals surface area contributed by atoms with Crippen LogP contribution in [0.2, 0.25) is 0 Å². The second-order valence-corrected chi connectivity index (χ2v) is 3.28. The Morgan fingerprint density at radius 1 is 1.47 bits per heavy atom. The van der Waals surface area contributed by atoms with Crippen molar-refractivity contribution in [1.29, 1.82) is 0 Å². The number of halogens is 1. The minimum atomic E-state index is -0.515. The van der Waals surface area contributed by atoms with Crippen molar-refractivity contribution in [3.8, 4) is 18.1 Å². The third-order valence-electron chi connectivity index (χ3n) is 2.25. The summed E-state index contributed by atoms with van der Waals surface area (Å²) in [7, 11) is 0. The van der Waals surface area contributed by atoms with Crippen molar-refractivity contribution >= 4 is 10.9 Å². The van der Waals surface area contributed by atoms with Crippen molar-refractivity contribution in [3.63, 3.8) is 0 Å². The highest BCUT2D eigenvalue weighted by atomic mass is 19.1. The van der Waals surface area contributed by atoms with E-state index in [2.05, 4.69) is 10.9 Å². The lowest BCUT2D eigenvalue weighted by molar-refractivity contribution is 0.475. The first-order valence-electron chi connectivity index (χ1n) is 4.38. The van der Waals surface area contributed by atoms with E-state index < -0.39 is 5.82 Å². The molecule has 3 heteroatoms. The summed E-state index contributed by atoms with van der Waals surface area (Å²) in [4.78, 5) is 3.88. The Bertz CT molecular complexity index is 584. The highest BCUT2D eigenvalue weighted by Gasteiger charge is 2.09. The van der Waals surface area contributed by atoms with Gasteiger partial charge < -0.3 is 5.11 Å². The predicted octanol–water partition coefficient (Wildman–Crippen LogP) is 2.37. The lowest BCUT2D eigenvalue weighted by Gasteiger charge is -2.05. The molecule has 0 unspecified atom stereocenters. The van der Waals surface area contributed by atoms with Crippen LogP contribution in [0.25, 0.3) is 10.9 Å². The predicted molar refractivity (Wildman–Crippen MR) is 56.0 cm³/mol. The number of aromatic nitrogens is 1. The van der Waals surface area contributed by atoms with E-state index in [1.165, 1.54) is 12.1 Å². The molecular weight excluding hydrogens is 193 g/mol. The summed E-state index contributed by atoms with van der Waals surface area (Å²) in [6.45, 7) is 1.75. The number of nitrogens with zero attached hydrogens (tertiary/aromatic N) is 1. The van der Waals surface area contributed by atoms with Crippen LogP contribution in [0.15, 0.2) is 18.3 Å². The van der Waals surface area contributed by atoms with Crippen LogP contribution in [0.1, 0.15) is 11.1 Å². The Labute approximate surface area is 86.4 Å². The lowest BCUT2D eigenvalue weighted by atomic mass is 10.0. The molecule has 0 saturated carbocycles. The Kier molecular flexibility index (Phi) is 2.05. The molecule has 2 aromatic rings. The molecule has 1 N–H and O–H groups in total. The van der Waals surface area contributed by atoms with Gasteiger partial charge in [0.2, 0.25) is 0 Å². The number of pyridine rings is 1. The quantitative estimate of drug-likeness (QED) is 0.664. The fourth-order valence-electron chi connectivity index (χ4n) is 1.63. The van der Waals surface area contributed by atoms with Gasteiger partial charge in [-0.1, -0.05) is 5.92 Å². The van der Waals surface area contributed by atoms with Crippen LogP contribution in [0.3, 0.4) is 0 Å². The van der Waals surface area contributed by atoms with E-state index in [0.29, 0.717) is 16.5 Å². The van der Waals surface area contributed by atoms with Gasteiger partial charge in [0.15, 0.2) is 5.82 Å². The Balaban J connectivity index is 3.00. The first kappa shape index (κ1) is 9.47. The van der Waals surface area contributed by atoms with E-state index in [0.717, 1.165) is 6.20 Å². The molecule has 2 nitrogen and oxygen atoms in total. The number of terminal acetylenes is 1. The zero-order valence-electron chi connectivity index (χ0n) is 8.08. The summed E-state index contributed by atoms with van der Waals surface area (Å²) in [5, 5.41) is 9.94. The van der Waals surface area contributed by atoms with Gasteiger partial charge in [-0.25, -0.2) is 4.39 Å². The molecule has 0 atom stereocenters. The maximum atomic E-state index is 13.3. The molecule has 0 radical (unpaired) electrons. The second kappa shape index (κ2) is 3.25. The average molecular weight is 201 g/mol. The number of rotatable bonds is 0. The lowest BCUT2D eigenvalue weighted by Crippen LogP contribution is -1.92. The number of phenolic OH excluding ortho intramolecular Hbond substituents is 1. The molecule has 0 aliphatic rings. The average Bonchev–Trinajstić information content (AvgIpc) is 2.18. The summed E-state index contributed by atoms with van der Waals surface area (Å²) < 4.78 is 13.3. The minimum Gasteiger partial charge on any atom is -0.508 e. The summed E-state index contributed by atoms with van der Waals surface area (Å²) >= 11 is 0. The van der Waals surface area contributed by atoms with Gasteiger partial charge in [0, 0.05) is 11.5 Å². The van der Waals surface area contributed by atoms with Crippen LogP contribution in [0.5, 0.6) is 5.75 Å². The van der Waals surface area contributed by atoms with E-state index in [9.17, 15) is 9.50 Å². The van der Waals surface area contributed by atoms with Gasteiger partial charge in [-0.3, -0.25) is 4.98 Å². The molecule has 0 aliphatic heterocycles. The van der Waals surface area contributed by atoms with Gasteiger partial charge in [0.05, 0.1) is 17.3 Å². The largest absolute Gasteiger partial charge is 0.508 e. The van der Waals surface area contributed by atoms with Crippen LogP contribution < -0.4 is 0 Å². The zero-order valence-corrected chi connectivity index (χ0v) is 8.08. The number of hydrogen-bond donors (Lipinski definition) is 1. The first-order valence-corrected chi connectivity index (χ1v) is 4.38. The summed E-state index contributed by atoms with van der Waals surface area (Å²) in [6, 6.07) is 2.99. The van der Waals surface area contributed by atoms with Crippen molar-refractivity contribution in [2.45, 2.75) is 6.92 Å². The Morgan fingerprint density at radius 3 is 2.87 bits per heavy atom. The van der Waals surface area contributed by atoms with Gasteiger partial charge in [-0.15, -0.1) is 6.42 Å². The first-order chi connectivity index (χ1) is 7.13. The van der Waals surface area contributed by atoms with Crippen LogP contribution in [0, 0.1) is 25.1 Å². The van der Waals surface area contributed by atoms with Gasteiger partial charge in [0.25, 0.3) is 0 Å². The third-order valence-corrected chi connectivity index (χ3v) is 2.25. The van der Waals surface area contributed by atoms with Crippen molar-refractivity contribution < 1.29 is 9.50 Å². The molecule has 1 aromatic carbocycles. The molecule has 0 fully saturated rings. The van der Waals surface area contributed by atoms with Crippen LogP contribution >= 0.6 is 0 Å². The molecule has 0 spiro atoms. The normalized spacial score (nSPS) is 10.2. The number of aromatic hydroxyl groups is 1. The van der Waals surface area contributed by atoms with Crippen LogP contribution in [-0.4, -0.2) is 10.1 Å². The van der Waals surface area contributed by atoms with Gasteiger partial charge in [-0.2, -0.15) is 0 Å². The fourth-order valence-corrected chi connectivity index (χ4v) is 1.63. The van der Waals surface area contributed by atoms with E-state index >= 15 is 0 Å². The fraction of sp³-hybridized carbons (Fsp3) is 0.0833. The summed E-state index contributed by atoms with van der Waals surface area (Å²) in [6.07, 6.45) is 6.31. The Hall–Kier alpha value is -2.08. The van der Waals surface area contributed by atoms with E-state index in [1.54, 1.807) is 6.92 Å². The van der Waals surface area contributed by atoms with Gasteiger partial charge >= 0.3 is 0 Å². The smallest absolute Gasteiger partial charge is 0.157 e. The highest BCUT2D eigenvalue weighted by Crippen LogP contribution is 2.26. The van der Waals surface area contributed by atoms with E-state index in [-0.39, 0.29) is 11.3 Å². The van der Waals surface area contributed by atoms with Gasteiger partial charge in [-0.05, 0) is 18.6 Å². The van der Waals surface area contributed by atoms with Crippen molar-refractivity contribution in [3.05, 3.63) is 35.3 Å². The third kappa shape index (κ3) is 1.40. The highest BCUT2D eigenvalue weighted by molar-refractivity contribution is 5.89. The molecule has 0 amide bonds. The molecule has 1 heterocycles. The number of hydrogen-bond acceptors (Lipinski definition) is 2. The van der Waals surface area contributed by atoms with Crippen LogP contribution in [0.4, 0.5) is 4.39 Å². The second-order valence-electron chi connectivity index (χ2n) is 3.28. The minimum absolute atomic E-state index is 0.0991. The molecule has 0 bridgehead atoms. The number of benzene rings is 1. The standard InChI is InChI=1S/C12H8FNO/c1-3-9-10(13)6-14-11-5-8(15)4-7(2)12(9)11/h1,4-6,15H,2H3. The van der Waals surface area contributed by atoms with Gasteiger partial charge in [0.1, 0.15) is 5.75 Å². The van der Waals surface area contributed by atoms with Crippen molar-refractivity contribution in [2.75, 3.05) is 0 Å². The topological polar surface area (TPSA) is 33.1 Å². The number of phenols is 1. The molecular formula is C12H8FNO. The molecule has 15 heavy (non-hydrogen) atoms. The SMILES string of the molecule is C#Cc1c(F)cnc2cc(O)cc(C)c12. The number of fused-ring (bicyclic) bond motifs is 1. The molecule has 0 aliphatic carbocycles.